The molecule has 0 aliphatic carbocycles. The maximum atomic E-state index is 13.6. The molecule has 2 N–H and O–H groups in total. The summed E-state index contributed by atoms with van der Waals surface area (Å²) in [6.45, 7) is 2.79. The maximum absolute atomic E-state index is 13.6. The normalized spacial score (nSPS) is 14.9. The minimum atomic E-state index is -3.40. The lowest BCUT2D eigenvalue weighted by molar-refractivity contribution is -0.133. The van der Waals surface area contributed by atoms with Crippen LogP contribution in [-0.2, 0) is 27.8 Å². The van der Waals surface area contributed by atoms with E-state index in [0.717, 1.165) is 23.1 Å². The molecule has 1 amide bonds. The Labute approximate surface area is 228 Å². The van der Waals surface area contributed by atoms with Gasteiger partial charge in [0, 0.05) is 42.8 Å². The number of sulfonamides is 1. The van der Waals surface area contributed by atoms with Crippen LogP contribution in [0.1, 0.15) is 11.1 Å². The summed E-state index contributed by atoms with van der Waals surface area (Å²) in [7, 11) is -3.40. The lowest BCUT2D eigenvalue weighted by atomic mass is 10.0. The first-order valence-corrected chi connectivity index (χ1v) is 14.7. The van der Waals surface area contributed by atoms with Gasteiger partial charge in [-0.1, -0.05) is 59.6 Å². The highest BCUT2D eigenvalue weighted by Crippen LogP contribution is 2.27. The van der Waals surface area contributed by atoms with Crippen LogP contribution in [-0.4, -0.2) is 57.7 Å². The van der Waals surface area contributed by atoms with Crippen LogP contribution in [0, 0.1) is 0 Å². The van der Waals surface area contributed by atoms with Gasteiger partial charge in [0.1, 0.15) is 0 Å². The minimum Gasteiger partial charge on any atom is -0.366 e. The van der Waals surface area contributed by atoms with Crippen molar-refractivity contribution < 1.29 is 13.2 Å². The van der Waals surface area contributed by atoms with E-state index in [0.29, 0.717) is 54.9 Å². The van der Waals surface area contributed by atoms with Crippen molar-refractivity contribution in [2.45, 2.75) is 19.0 Å². The molecule has 196 valence electrons. The second-order valence-electron chi connectivity index (χ2n) is 9.09. The van der Waals surface area contributed by atoms with Crippen LogP contribution in [0.5, 0.6) is 0 Å². The molecule has 3 aromatic rings. The minimum absolute atomic E-state index is 0.0334. The van der Waals surface area contributed by atoms with Crippen LogP contribution >= 0.6 is 23.2 Å². The Bertz CT molecular complexity index is 1310. The summed E-state index contributed by atoms with van der Waals surface area (Å²) in [4.78, 5) is 17.6. The van der Waals surface area contributed by atoms with E-state index in [1.54, 1.807) is 12.1 Å². The van der Waals surface area contributed by atoms with E-state index in [9.17, 15) is 13.2 Å². The SMILES string of the molecule is CS(=O)(=O)Nc1ccccc1N1CCN(C(=O)C(Cc2ccc(Cl)cc2)NCc2ccc(Cl)cc2)CC1. The fraction of sp³-hybridized carbons (Fsp3) is 0.296. The Morgan fingerprint density at radius 2 is 1.43 bits per heavy atom. The number of anilines is 2. The molecular formula is C27H30Cl2N4O3S. The number of halogens is 2. The van der Waals surface area contributed by atoms with E-state index < -0.39 is 16.1 Å². The first kappa shape index (κ1) is 27.3. The summed E-state index contributed by atoms with van der Waals surface area (Å²) < 4.78 is 26.2. The average Bonchev–Trinajstić information content (AvgIpc) is 2.88. The van der Waals surface area contributed by atoms with Gasteiger partial charge in [-0.25, -0.2) is 8.42 Å². The summed E-state index contributed by atoms with van der Waals surface area (Å²) in [5, 5.41) is 4.76. The standard InChI is InChI=1S/C27H30Cl2N4O3S/c1-37(35,36)31-24-4-2-3-5-26(24)32-14-16-33(17-15-32)27(34)25(18-20-6-10-22(28)11-7-20)30-19-21-8-12-23(29)13-9-21/h2-13,25,30-31H,14-19H2,1H3. The smallest absolute Gasteiger partial charge is 0.240 e. The van der Waals surface area contributed by atoms with Gasteiger partial charge in [-0.2, -0.15) is 0 Å². The van der Waals surface area contributed by atoms with Gasteiger partial charge in [-0.15, -0.1) is 0 Å². The molecule has 1 atom stereocenters. The zero-order valence-electron chi connectivity index (χ0n) is 20.5. The van der Waals surface area contributed by atoms with E-state index in [-0.39, 0.29) is 5.91 Å². The first-order valence-electron chi connectivity index (χ1n) is 12.0. The number of hydrogen-bond donors (Lipinski definition) is 2. The fourth-order valence-electron chi connectivity index (χ4n) is 4.37. The third kappa shape index (κ3) is 7.85. The van der Waals surface area contributed by atoms with Gasteiger partial charge in [0.25, 0.3) is 0 Å². The van der Waals surface area contributed by atoms with Gasteiger partial charge >= 0.3 is 0 Å². The fourth-order valence-corrected chi connectivity index (χ4v) is 5.19. The van der Waals surface area contributed by atoms with Crippen LogP contribution < -0.4 is 14.9 Å². The highest BCUT2D eigenvalue weighted by molar-refractivity contribution is 7.92. The predicted octanol–water partition coefficient (Wildman–Crippen LogP) is 4.41. The first-order chi connectivity index (χ1) is 17.7. The molecule has 10 heteroatoms. The monoisotopic (exact) mass is 560 g/mol. The number of amides is 1. The maximum Gasteiger partial charge on any atom is 0.240 e. The van der Waals surface area contributed by atoms with Crippen molar-refractivity contribution in [1.29, 1.82) is 0 Å². The number of benzene rings is 3. The Morgan fingerprint density at radius 3 is 2.03 bits per heavy atom. The van der Waals surface area contributed by atoms with E-state index in [4.69, 9.17) is 23.2 Å². The summed E-state index contributed by atoms with van der Waals surface area (Å²) in [6, 6.07) is 22.0. The lowest BCUT2D eigenvalue weighted by Crippen LogP contribution is -2.54. The number of rotatable bonds is 9. The van der Waals surface area contributed by atoms with Crippen molar-refractivity contribution >= 4 is 50.5 Å². The lowest BCUT2D eigenvalue weighted by Gasteiger charge is -2.38. The molecule has 3 aromatic carbocycles. The van der Waals surface area contributed by atoms with Gasteiger partial charge in [0.05, 0.1) is 23.7 Å². The molecule has 1 heterocycles. The molecular weight excluding hydrogens is 531 g/mol. The van der Waals surface area contributed by atoms with Gasteiger partial charge in [-0.05, 0) is 53.9 Å². The molecule has 1 aliphatic heterocycles. The van der Waals surface area contributed by atoms with Crippen molar-refractivity contribution in [3.63, 3.8) is 0 Å². The van der Waals surface area contributed by atoms with Crippen molar-refractivity contribution in [3.8, 4) is 0 Å². The number of piperazine rings is 1. The van der Waals surface area contributed by atoms with Crippen LogP contribution in [0.25, 0.3) is 0 Å². The van der Waals surface area contributed by atoms with E-state index >= 15 is 0 Å². The van der Waals surface area contributed by atoms with Crippen molar-refractivity contribution in [2.75, 3.05) is 42.1 Å². The molecule has 4 rings (SSSR count). The molecule has 1 saturated heterocycles. The molecule has 0 bridgehead atoms. The van der Waals surface area contributed by atoms with E-state index in [2.05, 4.69) is 14.9 Å². The van der Waals surface area contributed by atoms with Crippen LogP contribution in [0.4, 0.5) is 11.4 Å². The summed E-state index contributed by atoms with van der Waals surface area (Å²) >= 11 is 12.1. The van der Waals surface area contributed by atoms with E-state index in [1.807, 2.05) is 65.6 Å². The van der Waals surface area contributed by atoms with Gasteiger partial charge < -0.3 is 15.1 Å². The molecule has 0 spiro atoms. The molecule has 37 heavy (non-hydrogen) atoms. The van der Waals surface area contributed by atoms with Gasteiger partial charge in [-0.3, -0.25) is 9.52 Å². The van der Waals surface area contributed by atoms with Gasteiger partial charge in [0.15, 0.2) is 0 Å². The second-order valence-corrected chi connectivity index (χ2v) is 11.7. The second kappa shape index (κ2) is 12.2. The molecule has 0 aromatic heterocycles. The third-order valence-electron chi connectivity index (χ3n) is 6.25. The number of carbonyl (C=O) groups is 1. The molecule has 0 radical (unpaired) electrons. The molecule has 0 saturated carbocycles. The molecule has 1 fully saturated rings. The topological polar surface area (TPSA) is 81.8 Å². The third-order valence-corrected chi connectivity index (χ3v) is 7.34. The number of nitrogens with one attached hydrogen (secondary N) is 2. The largest absolute Gasteiger partial charge is 0.366 e. The Morgan fingerprint density at radius 1 is 0.865 bits per heavy atom. The highest BCUT2D eigenvalue weighted by Gasteiger charge is 2.28. The Hall–Kier alpha value is -2.78. The molecule has 1 aliphatic rings. The number of nitrogens with zero attached hydrogens (tertiary/aromatic N) is 2. The molecule has 7 nitrogen and oxygen atoms in total. The zero-order chi connectivity index (χ0) is 26.4. The quantitative estimate of drug-likeness (QED) is 0.405. The summed E-state index contributed by atoms with van der Waals surface area (Å²) in [6.07, 6.45) is 1.67. The number of carbonyl (C=O) groups excluding carboxylic acids is 1. The summed E-state index contributed by atoms with van der Waals surface area (Å²) in [5.41, 5.74) is 3.40. The summed E-state index contributed by atoms with van der Waals surface area (Å²) in [5.74, 6) is 0.0334. The zero-order valence-corrected chi connectivity index (χ0v) is 22.9. The van der Waals surface area contributed by atoms with Crippen LogP contribution in [0.2, 0.25) is 10.0 Å². The van der Waals surface area contributed by atoms with Crippen molar-refractivity contribution in [2.24, 2.45) is 0 Å². The number of hydrogen-bond acceptors (Lipinski definition) is 5. The Balaban J connectivity index is 1.44. The Kier molecular flexibility index (Phi) is 8.97. The van der Waals surface area contributed by atoms with Crippen molar-refractivity contribution in [3.05, 3.63) is 94.0 Å². The predicted molar refractivity (Wildman–Crippen MR) is 151 cm³/mol. The van der Waals surface area contributed by atoms with Crippen LogP contribution in [0.15, 0.2) is 72.8 Å². The highest BCUT2D eigenvalue weighted by atomic mass is 35.5. The van der Waals surface area contributed by atoms with Gasteiger partial charge in [0.2, 0.25) is 15.9 Å². The van der Waals surface area contributed by atoms with E-state index in [1.165, 1.54) is 0 Å². The van der Waals surface area contributed by atoms with Crippen molar-refractivity contribution in [1.82, 2.24) is 10.2 Å². The number of para-hydroxylation sites is 2. The van der Waals surface area contributed by atoms with Crippen LogP contribution in [0.3, 0.4) is 0 Å². The average molecular weight is 562 g/mol. The molecule has 1 unspecified atom stereocenters.